The molecule has 0 aromatic carbocycles. The number of hydrogen-bond acceptors (Lipinski definition) is 5. The molecular formula is C15H17O5P. The molecule has 0 saturated carbocycles. The highest BCUT2D eigenvalue weighted by Gasteiger charge is 2.11. The molecule has 2 aromatic heterocycles. The van der Waals surface area contributed by atoms with Gasteiger partial charge in [0.15, 0.2) is 17.2 Å². The highest BCUT2D eigenvalue weighted by atomic mass is 31.0. The number of carbonyl (C=O) groups is 1. The van der Waals surface area contributed by atoms with Crippen molar-refractivity contribution in [2.45, 2.75) is 13.8 Å². The predicted octanol–water partition coefficient (Wildman–Crippen LogP) is 3.73. The van der Waals surface area contributed by atoms with Gasteiger partial charge in [0.05, 0.1) is 19.5 Å². The molecule has 0 aliphatic carbocycles. The molecule has 0 spiro atoms. The van der Waals surface area contributed by atoms with Gasteiger partial charge in [-0.15, -0.1) is 8.19 Å². The maximum absolute atomic E-state index is 11.7. The lowest BCUT2D eigenvalue weighted by Gasteiger charge is -2.07. The summed E-state index contributed by atoms with van der Waals surface area (Å²) in [5, 5.41) is 0.921. The zero-order chi connectivity index (χ0) is 15.1. The third-order valence-corrected chi connectivity index (χ3v) is 3.63. The molecule has 0 saturated heterocycles. The lowest BCUT2D eigenvalue weighted by Crippen LogP contribution is -2.02. The van der Waals surface area contributed by atoms with E-state index in [0.717, 1.165) is 11.0 Å². The Morgan fingerprint density at radius 1 is 1.33 bits per heavy atom. The minimum atomic E-state index is -0.464. The third-order valence-electron chi connectivity index (χ3n) is 2.52. The van der Waals surface area contributed by atoms with Crippen molar-refractivity contribution in [3.05, 3.63) is 35.8 Å². The van der Waals surface area contributed by atoms with E-state index < -0.39 is 5.97 Å². The summed E-state index contributed by atoms with van der Waals surface area (Å²) in [6, 6.07) is 1.57. The lowest BCUT2D eigenvalue weighted by atomic mass is 10.3. The zero-order valence-corrected chi connectivity index (χ0v) is 12.9. The first-order chi connectivity index (χ1) is 10.2. The Balaban J connectivity index is 2.07. The monoisotopic (exact) mass is 308 g/mol. The fourth-order valence-electron chi connectivity index (χ4n) is 1.70. The van der Waals surface area contributed by atoms with Crippen LogP contribution in [0.4, 0.5) is 0 Å². The van der Waals surface area contributed by atoms with Crippen LogP contribution in [0.1, 0.15) is 19.1 Å². The van der Waals surface area contributed by atoms with Gasteiger partial charge in [-0.1, -0.05) is 0 Å². The number of rotatable bonds is 7. The van der Waals surface area contributed by atoms with Gasteiger partial charge >= 0.3 is 5.97 Å². The molecule has 21 heavy (non-hydrogen) atoms. The fourth-order valence-corrected chi connectivity index (χ4v) is 2.71. The number of esters is 1. The average Bonchev–Trinajstić information content (AvgIpc) is 3.09. The Morgan fingerprint density at radius 3 is 2.81 bits per heavy atom. The topological polar surface area (TPSA) is 57.9 Å². The summed E-state index contributed by atoms with van der Waals surface area (Å²) in [7, 11) is 0.408. The number of carbonyl (C=O) groups excluding carboxylic acids is 1. The average molecular weight is 308 g/mol. The summed E-state index contributed by atoms with van der Waals surface area (Å²) in [6.07, 6.45) is 5.88. The maximum Gasteiger partial charge on any atom is 0.336 e. The standard InChI is InChI=1S/C15H17O5P/c1-3-18-12-10-21-13(15(12)19-4-2)5-6-14(16)20-11-7-8-17-9-11/h5-10,21H,3-4H2,1-2H3. The fraction of sp³-hybridized carbons (Fsp3) is 0.267. The van der Waals surface area contributed by atoms with Crippen molar-refractivity contribution in [3.63, 3.8) is 0 Å². The highest BCUT2D eigenvalue weighted by Crippen LogP contribution is 2.41. The van der Waals surface area contributed by atoms with E-state index in [4.69, 9.17) is 18.6 Å². The van der Waals surface area contributed by atoms with Crippen molar-refractivity contribution in [2.75, 3.05) is 13.2 Å². The van der Waals surface area contributed by atoms with Crippen molar-refractivity contribution >= 4 is 20.2 Å². The van der Waals surface area contributed by atoms with Crippen LogP contribution >= 0.6 is 8.19 Å². The summed E-state index contributed by atoms with van der Waals surface area (Å²) in [6.45, 7) is 4.95. The van der Waals surface area contributed by atoms with E-state index in [1.807, 2.05) is 19.6 Å². The van der Waals surface area contributed by atoms with Gasteiger partial charge < -0.3 is 18.6 Å². The highest BCUT2D eigenvalue weighted by molar-refractivity contribution is 7.31. The van der Waals surface area contributed by atoms with Crippen molar-refractivity contribution in [1.29, 1.82) is 0 Å². The summed E-state index contributed by atoms with van der Waals surface area (Å²) in [5.74, 6) is 3.32. The van der Waals surface area contributed by atoms with E-state index in [2.05, 4.69) is 0 Å². The molecule has 2 aromatic rings. The van der Waals surface area contributed by atoms with E-state index in [9.17, 15) is 4.79 Å². The quantitative estimate of drug-likeness (QED) is 0.576. The van der Waals surface area contributed by atoms with Gasteiger partial charge in [0.2, 0.25) is 0 Å². The van der Waals surface area contributed by atoms with Crippen molar-refractivity contribution in [2.24, 2.45) is 0 Å². The normalized spacial score (nSPS) is 11.1. The van der Waals surface area contributed by atoms with Gasteiger partial charge in [-0.25, -0.2) is 4.79 Å². The molecule has 2 heterocycles. The minimum absolute atomic E-state index is 0.380. The first-order valence-electron chi connectivity index (χ1n) is 6.63. The molecule has 0 fully saturated rings. The van der Waals surface area contributed by atoms with Gasteiger partial charge in [-0.2, -0.15) is 0 Å². The second-order valence-electron chi connectivity index (χ2n) is 3.98. The summed E-state index contributed by atoms with van der Waals surface area (Å²) >= 11 is 0. The Morgan fingerprint density at radius 2 is 2.14 bits per heavy atom. The Bertz CT molecular complexity index is 598. The molecule has 0 aliphatic rings. The Kier molecular flexibility index (Phi) is 5.52. The number of hydrogen-bond donors (Lipinski definition) is 0. The van der Waals surface area contributed by atoms with Gasteiger partial charge in [0.1, 0.15) is 6.26 Å². The maximum atomic E-state index is 11.7. The number of furan rings is 1. The molecule has 6 heteroatoms. The summed E-state index contributed by atoms with van der Waals surface area (Å²) < 4.78 is 21.0. The van der Waals surface area contributed by atoms with Gasteiger partial charge in [0.25, 0.3) is 0 Å². The lowest BCUT2D eigenvalue weighted by molar-refractivity contribution is -0.128. The van der Waals surface area contributed by atoms with Gasteiger partial charge in [-0.3, -0.25) is 0 Å². The van der Waals surface area contributed by atoms with Crippen LogP contribution in [0.5, 0.6) is 17.2 Å². The summed E-state index contributed by atoms with van der Waals surface area (Å²) in [4.78, 5) is 11.7. The van der Waals surface area contributed by atoms with Crippen LogP contribution in [0.3, 0.4) is 0 Å². The first-order valence-corrected chi connectivity index (χ1v) is 7.71. The van der Waals surface area contributed by atoms with Crippen LogP contribution in [-0.2, 0) is 4.79 Å². The minimum Gasteiger partial charge on any atom is -0.490 e. The zero-order valence-electron chi connectivity index (χ0n) is 11.9. The Labute approximate surface area is 124 Å². The SMILES string of the molecule is CCOc1c[pH]c(C=CC(=O)Oc2ccoc2)c1OCC. The van der Waals surface area contributed by atoms with E-state index >= 15 is 0 Å². The van der Waals surface area contributed by atoms with Crippen LogP contribution in [0, 0.1) is 0 Å². The van der Waals surface area contributed by atoms with Crippen LogP contribution in [0.15, 0.2) is 34.9 Å². The predicted molar refractivity (Wildman–Crippen MR) is 81.7 cm³/mol. The van der Waals surface area contributed by atoms with Crippen LogP contribution < -0.4 is 14.2 Å². The van der Waals surface area contributed by atoms with Gasteiger partial charge in [0, 0.05) is 23.2 Å². The van der Waals surface area contributed by atoms with E-state index in [1.54, 1.807) is 12.1 Å². The molecule has 1 unspecified atom stereocenters. The molecule has 2 rings (SSSR count). The largest absolute Gasteiger partial charge is 0.490 e. The molecule has 0 bridgehead atoms. The van der Waals surface area contributed by atoms with Crippen LogP contribution in [-0.4, -0.2) is 19.2 Å². The van der Waals surface area contributed by atoms with E-state index in [1.165, 1.54) is 18.6 Å². The summed E-state index contributed by atoms with van der Waals surface area (Å²) in [5.41, 5.74) is 0. The second kappa shape index (κ2) is 7.60. The molecule has 112 valence electrons. The van der Waals surface area contributed by atoms with Gasteiger partial charge in [-0.05, 0) is 19.9 Å². The molecule has 0 aliphatic heterocycles. The second-order valence-corrected chi connectivity index (χ2v) is 5.09. The molecule has 1 atom stereocenters. The first kappa shape index (κ1) is 15.3. The molecule has 0 amide bonds. The third kappa shape index (κ3) is 4.17. The number of ether oxygens (including phenoxy) is 3. The van der Waals surface area contributed by atoms with E-state index in [-0.39, 0.29) is 0 Å². The molecule has 0 radical (unpaired) electrons. The van der Waals surface area contributed by atoms with Crippen LogP contribution in [0.2, 0.25) is 0 Å². The van der Waals surface area contributed by atoms with Crippen LogP contribution in [0.25, 0.3) is 6.08 Å². The molecule has 5 nitrogen and oxygen atoms in total. The Hall–Kier alpha value is -2.13. The van der Waals surface area contributed by atoms with Crippen molar-refractivity contribution in [1.82, 2.24) is 0 Å². The smallest absolute Gasteiger partial charge is 0.336 e. The molecule has 0 N–H and O–H groups in total. The molecular weight excluding hydrogens is 291 g/mol. The van der Waals surface area contributed by atoms with E-state index in [0.29, 0.717) is 32.9 Å². The van der Waals surface area contributed by atoms with Crippen molar-refractivity contribution < 1.29 is 23.4 Å². The van der Waals surface area contributed by atoms with Crippen molar-refractivity contribution in [3.8, 4) is 17.2 Å².